The first-order valence-electron chi connectivity index (χ1n) is 7.43. The molecule has 0 saturated heterocycles. The number of fused-ring (bicyclic) bond motifs is 2. The molecule has 4 nitrogen and oxygen atoms in total. The predicted molar refractivity (Wildman–Crippen MR) is 74.0 cm³/mol. The zero-order valence-corrected chi connectivity index (χ0v) is 12.1. The van der Waals surface area contributed by atoms with E-state index >= 15 is 0 Å². The molecule has 0 bridgehead atoms. The SMILES string of the molecule is CCOCC1/C2=C/Cc3nnn(C(C)C)c3CCC21. The van der Waals surface area contributed by atoms with Crippen molar-refractivity contribution in [2.75, 3.05) is 13.2 Å². The largest absolute Gasteiger partial charge is 0.381 e. The van der Waals surface area contributed by atoms with Crippen LogP contribution in [-0.2, 0) is 17.6 Å². The third-order valence-corrected chi connectivity index (χ3v) is 4.32. The van der Waals surface area contributed by atoms with Gasteiger partial charge in [-0.15, -0.1) is 5.10 Å². The minimum absolute atomic E-state index is 0.401. The summed E-state index contributed by atoms with van der Waals surface area (Å²) >= 11 is 0. The van der Waals surface area contributed by atoms with Gasteiger partial charge in [0.2, 0.25) is 0 Å². The molecule has 0 amide bonds. The van der Waals surface area contributed by atoms with Crippen molar-refractivity contribution in [2.45, 2.75) is 46.1 Å². The number of allylic oxidation sites excluding steroid dienone is 1. The van der Waals surface area contributed by atoms with Gasteiger partial charge in [0.25, 0.3) is 0 Å². The Morgan fingerprint density at radius 1 is 1.47 bits per heavy atom. The van der Waals surface area contributed by atoms with Crippen molar-refractivity contribution in [3.05, 3.63) is 23.0 Å². The van der Waals surface area contributed by atoms with Gasteiger partial charge in [-0.05, 0) is 39.5 Å². The molecule has 0 spiro atoms. The van der Waals surface area contributed by atoms with Crippen LogP contribution in [0, 0.1) is 11.8 Å². The van der Waals surface area contributed by atoms with Crippen LogP contribution in [0.25, 0.3) is 0 Å². The molecule has 19 heavy (non-hydrogen) atoms. The van der Waals surface area contributed by atoms with Crippen molar-refractivity contribution in [2.24, 2.45) is 11.8 Å². The highest BCUT2D eigenvalue weighted by molar-refractivity contribution is 5.33. The van der Waals surface area contributed by atoms with Crippen LogP contribution in [0.2, 0.25) is 0 Å². The molecule has 0 radical (unpaired) electrons. The Hall–Kier alpha value is -1.16. The molecule has 2 aliphatic rings. The van der Waals surface area contributed by atoms with Crippen molar-refractivity contribution in [3.8, 4) is 0 Å². The zero-order valence-electron chi connectivity index (χ0n) is 12.1. The highest BCUT2D eigenvalue weighted by Gasteiger charge is 2.44. The quantitative estimate of drug-likeness (QED) is 0.782. The van der Waals surface area contributed by atoms with Crippen LogP contribution in [-0.4, -0.2) is 28.2 Å². The normalized spacial score (nSPS) is 28.1. The molecule has 3 rings (SSSR count). The van der Waals surface area contributed by atoms with Gasteiger partial charge in [-0.2, -0.15) is 0 Å². The maximum atomic E-state index is 5.58. The molecule has 2 aliphatic carbocycles. The summed E-state index contributed by atoms with van der Waals surface area (Å²) in [6.45, 7) is 8.12. The fraction of sp³-hybridized carbons (Fsp3) is 0.733. The van der Waals surface area contributed by atoms with Gasteiger partial charge in [-0.3, -0.25) is 0 Å². The summed E-state index contributed by atoms with van der Waals surface area (Å²) in [5, 5.41) is 8.66. The minimum atomic E-state index is 0.401. The lowest BCUT2D eigenvalue weighted by Crippen LogP contribution is -2.09. The Kier molecular flexibility index (Phi) is 3.44. The van der Waals surface area contributed by atoms with E-state index in [4.69, 9.17) is 4.74 Å². The molecule has 1 heterocycles. The molecule has 0 aromatic carbocycles. The Morgan fingerprint density at radius 3 is 3.05 bits per heavy atom. The molecule has 0 N–H and O–H groups in total. The summed E-state index contributed by atoms with van der Waals surface area (Å²) in [5.74, 6) is 1.42. The summed E-state index contributed by atoms with van der Waals surface area (Å²) in [6, 6.07) is 0.401. The maximum absolute atomic E-state index is 5.58. The standard InChI is InChI=1S/C15H23N3O/c1-4-19-9-13-11-5-7-14-15(8-6-12(11)13)18(10(2)3)17-16-14/h5,10,12-13H,4,6-9H2,1-3H3/b11-5+. The molecule has 4 heteroatoms. The predicted octanol–water partition coefficient (Wildman–Crippen LogP) is 2.56. The van der Waals surface area contributed by atoms with E-state index in [1.807, 2.05) is 0 Å². The first-order valence-corrected chi connectivity index (χ1v) is 7.43. The fourth-order valence-corrected chi connectivity index (χ4v) is 3.22. The number of hydrogen-bond donors (Lipinski definition) is 0. The van der Waals surface area contributed by atoms with Crippen LogP contribution in [0.4, 0.5) is 0 Å². The lowest BCUT2D eigenvalue weighted by atomic mass is 10.1. The van der Waals surface area contributed by atoms with Gasteiger partial charge in [-0.25, -0.2) is 4.68 Å². The third-order valence-electron chi connectivity index (χ3n) is 4.32. The smallest absolute Gasteiger partial charge is 0.0896 e. The van der Waals surface area contributed by atoms with Gasteiger partial charge in [0.05, 0.1) is 18.0 Å². The second kappa shape index (κ2) is 5.08. The van der Waals surface area contributed by atoms with Crippen molar-refractivity contribution in [1.82, 2.24) is 15.0 Å². The zero-order chi connectivity index (χ0) is 13.4. The van der Waals surface area contributed by atoms with Crippen LogP contribution < -0.4 is 0 Å². The molecule has 1 saturated carbocycles. The summed E-state index contributed by atoms with van der Waals surface area (Å²) in [6.07, 6.45) is 5.63. The third kappa shape index (κ3) is 2.34. The van der Waals surface area contributed by atoms with Crippen LogP contribution in [0.5, 0.6) is 0 Å². The van der Waals surface area contributed by atoms with Gasteiger partial charge in [0, 0.05) is 25.0 Å². The molecular weight excluding hydrogens is 238 g/mol. The average molecular weight is 261 g/mol. The molecular formula is C15H23N3O. The topological polar surface area (TPSA) is 39.9 Å². The highest BCUT2D eigenvalue weighted by atomic mass is 16.5. The van der Waals surface area contributed by atoms with Crippen molar-refractivity contribution in [3.63, 3.8) is 0 Å². The minimum Gasteiger partial charge on any atom is -0.381 e. The van der Waals surface area contributed by atoms with Crippen molar-refractivity contribution >= 4 is 0 Å². The Balaban J connectivity index is 1.74. The summed E-state index contributed by atoms with van der Waals surface area (Å²) < 4.78 is 7.67. The molecule has 1 aromatic rings. The number of hydrogen-bond acceptors (Lipinski definition) is 3. The van der Waals surface area contributed by atoms with E-state index in [1.54, 1.807) is 5.57 Å². The molecule has 2 atom stereocenters. The average Bonchev–Trinajstić information content (AvgIpc) is 2.84. The van der Waals surface area contributed by atoms with Gasteiger partial charge in [0.1, 0.15) is 0 Å². The van der Waals surface area contributed by atoms with Crippen molar-refractivity contribution in [1.29, 1.82) is 0 Å². The monoisotopic (exact) mass is 261 g/mol. The van der Waals surface area contributed by atoms with Crippen LogP contribution in [0.15, 0.2) is 11.6 Å². The van der Waals surface area contributed by atoms with Crippen LogP contribution in [0.1, 0.15) is 44.6 Å². The van der Waals surface area contributed by atoms with Crippen LogP contribution in [0.3, 0.4) is 0 Å². The molecule has 104 valence electrons. The van der Waals surface area contributed by atoms with E-state index in [0.717, 1.165) is 32.0 Å². The van der Waals surface area contributed by atoms with E-state index in [2.05, 4.69) is 41.8 Å². The Bertz CT molecular complexity index is 490. The number of rotatable bonds is 4. The second-order valence-corrected chi connectivity index (χ2v) is 5.84. The molecule has 2 unspecified atom stereocenters. The first kappa shape index (κ1) is 12.9. The fourth-order valence-electron chi connectivity index (χ4n) is 3.22. The summed E-state index contributed by atoms with van der Waals surface area (Å²) in [4.78, 5) is 0. The number of nitrogens with zero attached hydrogens (tertiary/aromatic N) is 3. The highest BCUT2D eigenvalue weighted by Crippen LogP contribution is 2.49. The Labute approximate surface area is 114 Å². The van der Waals surface area contributed by atoms with E-state index < -0.39 is 0 Å². The van der Waals surface area contributed by atoms with Gasteiger partial charge >= 0.3 is 0 Å². The molecule has 1 aromatic heterocycles. The van der Waals surface area contributed by atoms with Crippen molar-refractivity contribution < 1.29 is 4.74 Å². The second-order valence-electron chi connectivity index (χ2n) is 5.84. The van der Waals surface area contributed by atoms with E-state index in [1.165, 1.54) is 17.8 Å². The van der Waals surface area contributed by atoms with Gasteiger partial charge in [-0.1, -0.05) is 16.9 Å². The van der Waals surface area contributed by atoms with E-state index in [-0.39, 0.29) is 0 Å². The summed E-state index contributed by atoms with van der Waals surface area (Å²) in [5.41, 5.74) is 4.10. The lowest BCUT2D eigenvalue weighted by Gasteiger charge is -2.11. The first-order chi connectivity index (χ1) is 9.22. The summed E-state index contributed by atoms with van der Waals surface area (Å²) in [7, 11) is 0. The van der Waals surface area contributed by atoms with Crippen LogP contribution >= 0.6 is 0 Å². The lowest BCUT2D eigenvalue weighted by molar-refractivity contribution is 0.135. The van der Waals surface area contributed by atoms with E-state index in [0.29, 0.717) is 12.0 Å². The molecule has 1 fully saturated rings. The Morgan fingerprint density at radius 2 is 2.32 bits per heavy atom. The number of aromatic nitrogens is 3. The maximum Gasteiger partial charge on any atom is 0.0896 e. The van der Waals surface area contributed by atoms with Gasteiger partial charge in [0.15, 0.2) is 0 Å². The number of ether oxygens (including phenoxy) is 1. The molecule has 0 aliphatic heterocycles. The van der Waals surface area contributed by atoms with Gasteiger partial charge < -0.3 is 4.74 Å². The van der Waals surface area contributed by atoms with E-state index in [9.17, 15) is 0 Å².